The van der Waals surface area contributed by atoms with E-state index >= 15 is 0 Å². The number of benzene rings is 1. The molecule has 0 aliphatic rings. The van der Waals surface area contributed by atoms with E-state index in [0.29, 0.717) is 10.8 Å². The maximum absolute atomic E-state index is 12.8. The van der Waals surface area contributed by atoms with Crippen LogP contribution in [-0.2, 0) is 6.42 Å². The molecule has 0 N–H and O–H groups in total. The Morgan fingerprint density at radius 2 is 1.83 bits per heavy atom. The highest BCUT2D eigenvalue weighted by Gasteiger charge is 2.04. The zero-order valence-electron chi connectivity index (χ0n) is 6.43. The van der Waals surface area contributed by atoms with Crippen LogP contribution in [0.3, 0.4) is 0 Å². The molecule has 12 heavy (non-hydrogen) atoms. The van der Waals surface area contributed by atoms with Crippen LogP contribution in [0.1, 0.15) is 5.56 Å². The van der Waals surface area contributed by atoms with Gasteiger partial charge in [0, 0.05) is 10.8 Å². The molecular weight excluding hydrogens is 273 g/mol. The fraction of sp³-hybridized carbons (Fsp3) is 0.333. The smallest absolute Gasteiger partial charge is 0.123 e. The van der Waals surface area contributed by atoms with Gasteiger partial charge in [-0.2, -0.15) is 0 Å². The van der Waals surface area contributed by atoms with Gasteiger partial charge in [-0.25, -0.2) is 8.78 Å². The Balaban J connectivity index is 2.58. The van der Waals surface area contributed by atoms with Crippen molar-refractivity contribution in [2.75, 3.05) is 4.43 Å². The van der Waals surface area contributed by atoms with E-state index in [9.17, 15) is 8.78 Å². The lowest BCUT2D eigenvalue weighted by molar-refractivity contribution is 0.370. The Bertz CT molecular complexity index is 233. The number of rotatable bonds is 3. The van der Waals surface area contributed by atoms with Gasteiger partial charge in [-0.05, 0) is 17.7 Å². The van der Waals surface area contributed by atoms with E-state index in [0.717, 1.165) is 5.56 Å². The predicted octanol–water partition coefficient (Wildman–Crippen LogP) is 3.14. The molecule has 1 rings (SSSR count). The summed E-state index contributed by atoms with van der Waals surface area (Å²) >= 11 is 2.00. The van der Waals surface area contributed by atoms with E-state index < -0.39 is 6.17 Å². The molecule has 0 aliphatic heterocycles. The van der Waals surface area contributed by atoms with Crippen LogP contribution in [0.5, 0.6) is 0 Å². The van der Waals surface area contributed by atoms with Crippen molar-refractivity contribution >= 4 is 22.6 Å². The van der Waals surface area contributed by atoms with Gasteiger partial charge in [0.15, 0.2) is 0 Å². The van der Waals surface area contributed by atoms with Crippen LogP contribution < -0.4 is 0 Å². The molecule has 0 spiro atoms. The van der Waals surface area contributed by atoms with Gasteiger partial charge < -0.3 is 0 Å². The Morgan fingerprint density at radius 3 is 2.33 bits per heavy atom. The van der Waals surface area contributed by atoms with E-state index in [4.69, 9.17) is 0 Å². The molecule has 3 heteroatoms. The summed E-state index contributed by atoms with van der Waals surface area (Å²) in [7, 11) is 0. The normalized spacial score (nSPS) is 12.9. The predicted molar refractivity (Wildman–Crippen MR) is 53.9 cm³/mol. The first kappa shape index (κ1) is 9.89. The topological polar surface area (TPSA) is 0 Å². The SMILES string of the molecule is Fc1ccc(CC(F)CI)cc1. The van der Waals surface area contributed by atoms with E-state index in [2.05, 4.69) is 0 Å². The standard InChI is InChI=1S/C9H9F2I/c10-8-3-1-7(2-4-8)5-9(11)6-12/h1-4,9H,5-6H2. The van der Waals surface area contributed by atoms with Gasteiger partial charge >= 0.3 is 0 Å². The minimum absolute atomic E-state index is 0.274. The fourth-order valence-electron chi connectivity index (χ4n) is 0.931. The third-order valence-corrected chi connectivity index (χ3v) is 2.49. The van der Waals surface area contributed by atoms with Crippen molar-refractivity contribution in [3.63, 3.8) is 0 Å². The summed E-state index contributed by atoms with van der Waals surface area (Å²) in [5.74, 6) is -0.274. The molecule has 1 unspecified atom stereocenters. The largest absolute Gasteiger partial charge is 0.246 e. The molecule has 0 heterocycles. The molecule has 0 aliphatic carbocycles. The summed E-state index contributed by atoms with van der Waals surface area (Å²) in [6.45, 7) is 0. The van der Waals surface area contributed by atoms with Crippen molar-refractivity contribution in [2.24, 2.45) is 0 Å². The first-order valence-electron chi connectivity index (χ1n) is 3.67. The summed E-state index contributed by atoms with van der Waals surface area (Å²) in [5.41, 5.74) is 0.848. The second-order valence-corrected chi connectivity index (χ2v) is 3.46. The molecule has 0 aromatic heterocycles. The molecule has 0 fully saturated rings. The van der Waals surface area contributed by atoms with Gasteiger partial charge in [0.2, 0.25) is 0 Å². The first-order chi connectivity index (χ1) is 5.72. The van der Waals surface area contributed by atoms with E-state index in [1.807, 2.05) is 22.6 Å². The monoisotopic (exact) mass is 282 g/mol. The number of hydrogen-bond acceptors (Lipinski definition) is 0. The molecule has 1 atom stereocenters. The molecule has 0 saturated heterocycles. The average molecular weight is 282 g/mol. The molecule has 1 aromatic rings. The van der Waals surface area contributed by atoms with Gasteiger partial charge in [0.25, 0.3) is 0 Å². The lowest BCUT2D eigenvalue weighted by Gasteiger charge is -2.03. The molecule has 1 aromatic carbocycles. The van der Waals surface area contributed by atoms with Crippen LogP contribution in [0, 0.1) is 5.82 Å². The number of halogens is 3. The molecule has 0 radical (unpaired) electrons. The zero-order chi connectivity index (χ0) is 8.97. The minimum Gasteiger partial charge on any atom is -0.246 e. The molecule has 0 bridgehead atoms. The van der Waals surface area contributed by atoms with Crippen LogP contribution in [0.15, 0.2) is 24.3 Å². The maximum atomic E-state index is 12.8. The van der Waals surface area contributed by atoms with Crippen LogP contribution in [0.4, 0.5) is 8.78 Å². The van der Waals surface area contributed by atoms with Gasteiger partial charge in [-0.3, -0.25) is 0 Å². The average Bonchev–Trinajstić information content (AvgIpc) is 2.09. The second kappa shape index (κ2) is 4.74. The number of alkyl halides is 2. The van der Waals surface area contributed by atoms with Crippen molar-refractivity contribution < 1.29 is 8.78 Å². The van der Waals surface area contributed by atoms with Gasteiger partial charge in [-0.15, -0.1) is 0 Å². The highest BCUT2D eigenvalue weighted by molar-refractivity contribution is 14.1. The Morgan fingerprint density at radius 1 is 1.25 bits per heavy atom. The summed E-state index contributed by atoms with van der Waals surface area (Å²) in [5, 5.41) is 0. The van der Waals surface area contributed by atoms with E-state index in [1.165, 1.54) is 12.1 Å². The molecule has 0 amide bonds. The second-order valence-electron chi connectivity index (χ2n) is 2.58. The molecular formula is C9H9F2I. The highest BCUT2D eigenvalue weighted by Crippen LogP contribution is 2.09. The van der Waals surface area contributed by atoms with E-state index in [1.54, 1.807) is 12.1 Å². The third kappa shape index (κ3) is 3.05. The van der Waals surface area contributed by atoms with Crippen molar-refractivity contribution in [3.05, 3.63) is 35.6 Å². The maximum Gasteiger partial charge on any atom is 0.123 e. The van der Waals surface area contributed by atoms with Crippen molar-refractivity contribution in [1.82, 2.24) is 0 Å². The first-order valence-corrected chi connectivity index (χ1v) is 5.19. The van der Waals surface area contributed by atoms with Crippen LogP contribution in [-0.4, -0.2) is 10.6 Å². The highest BCUT2D eigenvalue weighted by atomic mass is 127. The minimum atomic E-state index is -0.823. The summed E-state index contributed by atoms with van der Waals surface area (Å²) in [4.78, 5) is 0. The summed E-state index contributed by atoms with van der Waals surface area (Å²) in [6.07, 6.45) is -0.445. The van der Waals surface area contributed by atoms with Gasteiger partial charge in [0.05, 0.1) is 0 Å². The molecule has 0 nitrogen and oxygen atoms in total. The van der Waals surface area contributed by atoms with Crippen LogP contribution in [0.2, 0.25) is 0 Å². The lowest BCUT2D eigenvalue weighted by Crippen LogP contribution is -2.05. The van der Waals surface area contributed by atoms with Gasteiger partial charge in [-0.1, -0.05) is 34.7 Å². The van der Waals surface area contributed by atoms with Crippen LogP contribution >= 0.6 is 22.6 Å². The Kier molecular flexibility index (Phi) is 3.91. The third-order valence-electron chi connectivity index (χ3n) is 1.54. The van der Waals surface area contributed by atoms with Crippen molar-refractivity contribution in [3.8, 4) is 0 Å². The Labute approximate surface area is 84.1 Å². The summed E-state index contributed by atoms with van der Waals surface area (Å²) in [6, 6.07) is 5.95. The molecule has 66 valence electrons. The molecule has 0 saturated carbocycles. The quantitative estimate of drug-likeness (QED) is 0.590. The zero-order valence-corrected chi connectivity index (χ0v) is 8.59. The van der Waals surface area contributed by atoms with Gasteiger partial charge in [0.1, 0.15) is 12.0 Å². The number of hydrogen-bond donors (Lipinski definition) is 0. The Hall–Kier alpha value is -0.190. The van der Waals surface area contributed by atoms with Crippen molar-refractivity contribution in [1.29, 1.82) is 0 Å². The van der Waals surface area contributed by atoms with Crippen molar-refractivity contribution in [2.45, 2.75) is 12.6 Å². The van der Waals surface area contributed by atoms with E-state index in [-0.39, 0.29) is 5.82 Å². The fourth-order valence-corrected chi connectivity index (χ4v) is 1.24. The van der Waals surface area contributed by atoms with Crippen LogP contribution in [0.25, 0.3) is 0 Å². The summed E-state index contributed by atoms with van der Waals surface area (Å²) < 4.78 is 25.7. The lowest BCUT2D eigenvalue weighted by atomic mass is 10.1.